The molecule has 174 valence electrons. The second kappa shape index (κ2) is 12.5. The quantitative estimate of drug-likeness (QED) is 0.242. The highest BCUT2D eigenvalue weighted by Gasteiger charge is 2.19. The highest BCUT2D eigenvalue weighted by atomic mass is 32.2. The highest BCUT2D eigenvalue weighted by molar-refractivity contribution is 7.98. The number of thiol groups is 1. The van der Waals surface area contributed by atoms with Crippen molar-refractivity contribution in [2.24, 2.45) is 5.73 Å². The lowest BCUT2D eigenvalue weighted by molar-refractivity contribution is -0.127. The second-order valence-electron chi connectivity index (χ2n) is 7.53. The van der Waals surface area contributed by atoms with Crippen molar-refractivity contribution in [3.05, 3.63) is 72.3 Å². The van der Waals surface area contributed by atoms with Crippen LogP contribution in [0.25, 0.3) is 11.3 Å². The topological polar surface area (TPSA) is 89.3 Å². The third kappa shape index (κ3) is 7.15. The molecule has 0 radical (unpaired) electrons. The molecule has 0 saturated carbocycles. The van der Waals surface area contributed by atoms with Crippen molar-refractivity contribution in [2.45, 2.75) is 30.5 Å². The van der Waals surface area contributed by atoms with Crippen molar-refractivity contribution in [1.82, 2.24) is 10.3 Å². The van der Waals surface area contributed by atoms with Gasteiger partial charge in [0.25, 0.3) is 5.91 Å². The fraction of sp³-hybridized carbons (Fsp3) is 0.280. The molecular weight excluding hydrogens is 452 g/mol. The van der Waals surface area contributed by atoms with Crippen LogP contribution in [0.5, 0.6) is 5.88 Å². The normalized spacial score (nSPS) is 12.6. The van der Waals surface area contributed by atoms with E-state index in [1.165, 1.54) is 0 Å². The van der Waals surface area contributed by atoms with Gasteiger partial charge in [-0.3, -0.25) is 4.79 Å². The van der Waals surface area contributed by atoms with Gasteiger partial charge >= 0.3 is 0 Å². The Kier molecular flexibility index (Phi) is 9.47. The predicted octanol–water partition coefficient (Wildman–Crippen LogP) is 4.22. The Labute approximate surface area is 205 Å². The van der Waals surface area contributed by atoms with Crippen molar-refractivity contribution in [3.63, 3.8) is 0 Å². The number of carbonyl (C=O) groups excluding carboxylic acids is 1. The molecule has 3 rings (SSSR count). The maximum Gasteiger partial charge on any atom is 0.261 e. The third-order valence-electron chi connectivity index (χ3n) is 5.02. The van der Waals surface area contributed by atoms with Crippen molar-refractivity contribution in [2.75, 3.05) is 23.9 Å². The average molecular weight is 483 g/mol. The van der Waals surface area contributed by atoms with Gasteiger partial charge in [0.2, 0.25) is 5.88 Å². The van der Waals surface area contributed by atoms with E-state index in [1.54, 1.807) is 18.7 Å². The summed E-state index contributed by atoms with van der Waals surface area (Å²) in [5.41, 5.74) is 9.47. The Morgan fingerprint density at radius 3 is 2.58 bits per heavy atom. The zero-order valence-corrected chi connectivity index (χ0v) is 20.5. The van der Waals surface area contributed by atoms with Gasteiger partial charge in [0.05, 0.1) is 11.4 Å². The van der Waals surface area contributed by atoms with Crippen molar-refractivity contribution in [1.29, 1.82) is 0 Å². The minimum absolute atomic E-state index is 0.118. The summed E-state index contributed by atoms with van der Waals surface area (Å²) in [6.07, 6.45) is 1.29. The predicted molar refractivity (Wildman–Crippen MR) is 140 cm³/mol. The fourth-order valence-corrected chi connectivity index (χ4v) is 3.88. The van der Waals surface area contributed by atoms with Crippen LogP contribution in [-0.2, 0) is 11.3 Å². The van der Waals surface area contributed by atoms with E-state index >= 15 is 0 Å². The average Bonchev–Trinajstić information content (AvgIpc) is 2.86. The third-order valence-corrected chi connectivity index (χ3v) is 6.33. The van der Waals surface area contributed by atoms with Crippen molar-refractivity contribution in [3.8, 4) is 17.1 Å². The number of aromatic nitrogens is 1. The Balaban J connectivity index is 1.74. The van der Waals surface area contributed by atoms with E-state index in [0.717, 1.165) is 21.7 Å². The highest BCUT2D eigenvalue weighted by Crippen LogP contribution is 2.28. The number of nitrogens with one attached hydrogen (secondary N) is 2. The van der Waals surface area contributed by atoms with Crippen LogP contribution in [0, 0.1) is 0 Å². The Morgan fingerprint density at radius 2 is 1.85 bits per heavy atom. The lowest BCUT2D eigenvalue weighted by Crippen LogP contribution is -2.36. The number of hydrogen-bond donors (Lipinski definition) is 4. The summed E-state index contributed by atoms with van der Waals surface area (Å²) >= 11 is 5.89. The number of benzene rings is 2. The van der Waals surface area contributed by atoms with Crippen LogP contribution in [0.15, 0.2) is 71.6 Å². The van der Waals surface area contributed by atoms with Crippen LogP contribution in [-0.4, -0.2) is 41.6 Å². The summed E-state index contributed by atoms with van der Waals surface area (Å²) in [6.45, 7) is 2.66. The standard InChI is InChI=1S/C25H30N4O2S2/c1-17(24(30)28-14-19-10-6-7-11-23(19)33-2)31-25-22(27-15-20(26)16-32)13-12-21(29-25)18-8-4-3-5-9-18/h3-13,17,20,27,32H,14-16,26H2,1-2H3,(H,28,30). The number of amides is 1. The molecule has 0 spiro atoms. The van der Waals surface area contributed by atoms with Crippen LogP contribution in [0.3, 0.4) is 0 Å². The molecule has 0 saturated heterocycles. The van der Waals surface area contributed by atoms with Gasteiger partial charge in [0.1, 0.15) is 0 Å². The minimum atomic E-state index is -0.732. The number of carbonyl (C=O) groups is 1. The molecule has 2 atom stereocenters. The minimum Gasteiger partial charge on any atom is -0.463 e. The first kappa shape index (κ1) is 25.0. The molecular formula is C25H30N4O2S2. The Morgan fingerprint density at radius 1 is 1.12 bits per heavy atom. The van der Waals surface area contributed by atoms with Crippen LogP contribution in [0.4, 0.5) is 5.69 Å². The van der Waals surface area contributed by atoms with E-state index in [9.17, 15) is 4.79 Å². The van der Waals surface area contributed by atoms with E-state index in [1.807, 2.05) is 73.0 Å². The first-order valence-corrected chi connectivity index (χ1v) is 12.6. The van der Waals surface area contributed by atoms with Crippen LogP contribution in [0.1, 0.15) is 12.5 Å². The number of hydrogen-bond acceptors (Lipinski definition) is 7. The van der Waals surface area contributed by atoms with E-state index in [4.69, 9.17) is 10.5 Å². The van der Waals surface area contributed by atoms with Gasteiger partial charge < -0.3 is 21.1 Å². The maximum atomic E-state index is 12.8. The summed E-state index contributed by atoms with van der Waals surface area (Å²) in [5, 5.41) is 6.23. The van der Waals surface area contributed by atoms with Gasteiger partial charge in [0, 0.05) is 35.3 Å². The first-order valence-electron chi connectivity index (χ1n) is 10.7. The van der Waals surface area contributed by atoms with Gasteiger partial charge in [-0.25, -0.2) is 4.98 Å². The molecule has 0 bridgehead atoms. The number of thioether (sulfide) groups is 1. The van der Waals surface area contributed by atoms with E-state index in [-0.39, 0.29) is 11.9 Å². The fourth-order valence-electron chi connectivity index (χ4n) is 3.14. The molecule has 0 fully saturated rings. The van der Waals surface area contributed by atoms with E-state index in [2.05, 4.69) is 28.2 Å². The van der Waals surface area contributed by atoms with Gasteiger partial charge in [0.15, 0.2) is 6.10 Å². The summed E-state index contributed by atoms with van der Waals surface area (Å²) in [7, 11) is 0. The number of nitrogens with two attached hydrogens (primary N) is 1. The molecule has 0 aliphatic rings. The SMILES string of the molecule is CSc1ccccc1CNC(=O)C(C)Oc1nc(-c2ccccc2)ccc1NCC(N)CS. The Hall–Kier alpha value is -2.68. The summed E-state index contributed by atoms with van der Waals surface area (Å²) in [5.74, 6) is 0.695. The smallest absolute Gasteiger partial charge is 0.261 e. The summed E-state index contributed by atoms with van der Waals surface area (Å²) in [4.78, 5) is 18.6. The Bertz CT molecular complexity index is 1050. The molecule has 2 unspecified atom stereocenters. The number of anilines is 1. The molecule has 8 heteroatoms. The lowest BCUT2D eigenvalue weighted by Gasteiger charge is -2.19. The van der Waals surface area contributed by atoms with Gasteiger partial charge in [-0.15, -0.1) is 11.8 Å². The number of nitrogens with zero attached hydrogens (tertiary/aromatic N) is 1. The second-order valence-corrected chi connectivity index (χ2v) is 8.74. The molecule has 1 amide bonds. The molecule has 3 aromatic rings. The van der Waals surface area contributed by atoms with Crippen LogP contribution in [0.2, 0.25) is 0 Å². The first-order chi connectivity index (χ1) is 16.0. The van der Waals surface area contributed by atoms with Crippen LogP contribution >= 0.6 is 24.4 Å². The van der Waals surface area contributed by atoms with Crippen molar-refractivity contribution >= 4 is 36.0 Å². The monoisotopic (exact) mass is 482 g/mol. The molecule has 1 aromatic heterocycles. The number of ether oxygens (including phenoxy) is 1. The zero-order chi connectivity index (χ0) is 23.6. The maximum absolute atomic E-state index is 12.8. The summed E-state index contributed by atoms with van der Waals surface area (Å²) in [6, 6.07) is 21.5. The molecule has 0 aliphatic carbocycles. The zero-order valence-electron chi connectivity index (χ0n) is 18.8. The molecule has 6 nitrogen and oxygen atoms in total. The molecule has 4 N–H and O–H groups in total. The van der Waals surface area contributed by atoms with Crippen molar-refractivity contribution < 1.29 is 9.53 Å². The van der Waals surface area contributed by atoms with E-state index < -0.39 is 6.10 Å². The largest absolute Gasteiger partial charge is 0.463 e. The van der Waals surface area contributed by atoms with Gasteiger partial charge in [-0.2, -0.15) is 12.6 Å². The van der Waals surface area contributed by atoms with Gasteiger partial charge in [-0.1, -0.05) is 48.5 Å². The molecule has 33 heavy (non-hydrogen) atoms. The number of pyridine rings is 1. The summed E-state index contributed by atoms with van der Waals surface area (Å²) < 4.78 is 6.03. The lowest BCUT2D eigenvalue weighted by atomic mass is 10.1. The van der Waals surface area contributed by atoms with E-state index in [0.29, 0.717) is 30.4 Å². The van der Waals surface area contributed by atoms with Crippen LogP contribution < -0.4 is 21.1 Å². The molecule has 2 aromatic carbocycles. The molecule has 1 heterocycles. The molecule has 0 aliphatic heterocycles. The number of rotatable bonds is 11. The van der Waals surface area contributed by atoms with Gasteiger partial charge in [-0.05, 0) is 36.9 Å².